The number of benzene rings is 4. The van der Waals surface area contributed by atoms with Gasteiger partial charge in [-0.25, -0.2) is 4.99 Å². The van der Waals surface area contributed by atoms with Crippen LogP contribution in [0.15, 0.2) is 99.9 Å². The Morgan fingerprint density at radius 3 is 2.22 bits per heavy atom. The molecule has 1 aliphatic rings. The summed E-state index contributed by atoms with van der Waals surface area (Å²) in [5.74, 6) is 0.494. The van der Waals surface area contributed by atoms with Crippen molar-refractivity contribution in [3.8, 4) is 5.75 Å². The second-order valence-electron chi connectivity index (χ2n) is 10.0. The molecule has 0 bridgehead atoms. The largest absolute Gasteiger partial charge is 0.496 e. The van der Waals surface area contributed by atoms with Gasteiger partial charge in [-0.15, -0.1) is 0 Å². The average molecular weight is 562 g/mol. The highest BCUT2D eigenvalue weighted by molar-refractivity contribution is 7.07. The van der Waals surface area contributed by atoms with E-state index in [-0.39, 0.29) is 11.5 Å². The Bertz CT molecular complexity index is 1980. The zero-order valence-corrected chi connectivity index (χ0v) is 24.4. The SMILES string of the molecule is CCN(CC)C(=O)C1=C(C)N=c2s/c(=C/c3c4ccccc4cc4ccccc34)c(=O)n2[C@@H]1c1ccccc1OC. The standard InChI is InChI=1S/C34H31N3O3S/c1-5-36(6-2)33(39)30-21(3)35-34-37(31(30)26-17-11-12-18-28(26)40-4)32(38)29(41-34)20-27-24-15-9-7-13-22(24)19-23-14-8-10-16-25(23)27/h7-20,31H,5-6H2,1-4H3/b29-20+/t31-/m1/s1. The molecule has 1 amide bonds. The average Bonchev–Trinajstić information content (AvgIpc) is 3.30. The number of carbonyl (C=O) groups is 1. The molecule has 0 fully saturated rings. The van der Waals surface area contributed by atoms with Crippen molar-refractivity contribution >= 4 is 44.9 Å². The van der Waals surface area contributed by atoms with Crippen molar-refractivity contribution in [2.24, 2.45) is 4.99 Å². The van der Waals surface area contributed by atoms with E-state index < -0.39 is 6.04 Å². The predicted octanol–water partition coefficient (Wildman–Crippen LogP) is 5.42. The molecule has 0 saturated heterocycles. The lowest BCUT2D eigenvalue weighted by Crippen LogP contribution is -2.43. The zero-order valence-electron chi connectivity index (χ0n) is 23.5. The van der Waals surface area contributed by atoms with Gasteiger partial charge in [0.15, 0.2) is 4.80 Å². The topological polar surface area (TPSA) is 63.9 Å². The summed E-state index contributed by atoms with van der Waals surface area (Å²) < 4.78 is 7.97. The summed E-state index contributed by atoms with van der Waals surface area (Å²) in [4.78, 5) is 35.4. The van der Waals surface area contributed by atoms with Crippen LogP contribution in [0.4, 0.5) is 0 Å². The summed E-state index contributed by atoms with van der Waals surface area (Å²) in [6, 6.07) is 25.6. The van der Waals surface area contributed by atoms with E-state index in [1.807, 2.05) is 75.4 Å². The quantitative estimate of drug-likeness (QED) is 0.260. The number of methoxy groups -OCH3 is 1. The molecule has 1 atom stereocenters. The number of likely N-dealkylation sites (N-methyl/N-ethyl adjacent to an activating group) is 1. The second-order valence-corrected chi connectivity index (χ2v) is 11.0. The predicted molar refractivity (Wildman–Crippen MR) is 166 cm³/mol. The summed E-state index contributed by atoms with van der Waals surface area (Å²) in [6.07, 6.45) is 1.99. The second kappa shape index (κ2) is 10.8. The molecule has 0 aliphatic carbocycles. The highest BCUT2D eigenvalue weighted by Gasteiger charge is 2.35. The number of rotatable bonds is 6. The third kappa shape index (κ3) is 4.46. The van der Waals surface area contributed by atoms with Crippen molar-refractivity contribution < 1.29 is 9.53 Å². The van der Waals surface area contributed by atoms with Gasteiger partial charge in [-0.3, -0.25) is 14.2 Å². The Morgan fingerprint density at radius 2 is 1.59 bits per heavy atom. The number of carbonyl (C=O) groups excluding carboxylic acids is 1. The van der Waals surface area contributed by atoms with E-state index in [4.69, 9.17) is 9.73 Å². The number of hydrogen-bond acceptors (Lipinski definition) is 5. The fourth-order valence-electron chi connectivity index (χ4n) is 5.80. The minimum atomic E-state index is -0.665. The molecule has 41 heavy (non-hydrogen) atoms. The van der Waals surface area contributed by atoms with Gasteiger partial charge in [0, 0.05) is 18.7 Å². The van der Waals surface area contributed by atoms with Crippen molar-refractivity contribution in [2.45, 2.75) is 26.8 Å². The zero-order chi connectivity index (χ0) is 28.7. The van der Waals surface area contributed by atoms with Crippen LogP contribution in [0.3, 0.4) is 0 Å². The highest BCUT2D eigenvalue weighted by Crippen LogP contribution is 2.36. The molecule has 5 aromatic rings. The number of para-hydroxylation sites is 1. The normalized spacial score (nSPS) is 15.2. The highest BCUT2D eigenvalue weighted by atomic mass is 32.1. The van der Waals surface area contributed by atoms with Gasteiger partial charge in [-0.2, -0.15) is 0 Å². The number of nitrogens with zero attached hydrogens (tertiary/aromatic N) is 3. The van der Waals surface area contributed by atoms with E-state index in [0.29, 0.717) is 39.4 Å². The van der Waals surface area contributed by atoms with Crippen LogP contribution in [0.25, 0.3) is 27.6 Å². The fourth-order valence-corrected chi connectivity index (χ4v) is 6.83. The summed E-state index contributed by atoms with van der Waals surface area (Å²) in [5.41, 5.74) is 2.67. The molecule has 0 radical (unpaired) electrons. The van der Waals surface area contributed by atoms with Gasteiger partial charge in [0.05, 0.1) is 22.9 Å². The first-order valence-corrected chi connectivity index (χ1v) is 14.6. The van der Waals surface area contributed by atoms with Crippen molar-refractivity contribution in [3.05, 3.63) is 121 Å². The van der Waals surface area contributed by atoms with Gasteiger partial charge in [0.25, 0.3) is 11.5 Å². The summed E-state index contributed by atoms with van der Waals surface area (Å²) in [6.45, 7) is 6.89. The Labute approximate surface area is 242 Å². The summed E-state index contributed by atoms with van der Waals surface area (Å²) >= 11 is 1.35. The number of ether oxygens (including phenoxy) is 1. The van der Waals surface area contributed by atoms with Crippen LogP contribution in [0.1, 0.15) is 37.9 Å². The first-order valence-electron chi connectivity index (χ1n) is 13.8. The molecule has 206 valence electrons. The lowest BCUT2D eigenvalue weighted by Gasteiger charge is -2.29. The van der Waals surface area contributed by atoms with Gasteiger partial charge in [0.2, 0.25) is 0 Å². The first kappa shape index (κ1) is 26.7. The molecule has 0 N–H and O–H groups in total. The maximum Gasteiger partial charge on any atom is 0.271 e. The van der Waals surface area contributed by atoms with E-state index in [1.54, 1.807) is 16.6 Å². The van der Waals surface area contributed by atoms with Gasteiger partial charge in [-0.1, -0.05) is 78.1 Å². The van der Waals surface area contributed by atoms with E-state index in [2.05, 4.69) is 30.3 Å². The molecular formula is C34H31N3O3S. The molecule has 0 unspecified atom stereocenters. The molecule has 1 aromatic heterocycles. The van der Waals surface area contributed by atoms with E-state index in [0.717, 1.165) is 32.7 Å². The van der Waals surface area contributed by atoms with Gasteiger partial charge in [0.1, 0.15) is 11.8 Å². The Morgan fingerprint density at radius 1 is 0.976 bits per heavy atom. The van der Waals surface area contributed by atoms with Crippen LogP contribution in [0, 0.1) is 0 Å². The molecule has 6 rings (SSSR count). The molecule has 1 aliphatic heterocycles. The van der Waals surface area contributed by atoms with Crippen LogP contribution in [-0.4, -0.2) is 35.6 Å². The number of hydrogen-bond donors (Lipinski definition) is 0. The van der Waals surface area contributed by atoms with Crippen LogP contribution in [0.2, 0.25) is 0 Å². The summed E-state index contributed by atoms with van der Waals surface area (Å²) in [7, 11) is 1.61. The van der Waals surface area contributed by atoms with Crippen molar-refractivity contribution in [1.82, 2.24) is 9.47 Å². The Balaban J connectivity index is 1.65. The minimum Gasteiger partial charge on any atom is -0.496 e. The number of fused-ring (bicyclic) bond motifs is 3. The van der Waals surface area contributed by atoms with Gasteiger partial charge >= 0.3 is 0 Å². The van der Waals surface area contributed by atoms with Gasteiger partial charge in [-0.05, 0) is 66.1 Å². The van der Waals surface area contributed by atoms with Crippen LogP contribution in [0.5, 0.6) is 5.75 Å². The van der Waals surface area contributed by atoms with E-state index in [1.165, 1.54) is 11.3 Å². The first-order chi connectivity index (χ1) is 20.0. The van der Waals surface area contributed by atoms with Crippen LogP contribution < -0.4 is 19.6 Å². The number of allylic oxidation sites excluding steroid dienone is 1. The summed E-state index contributed by atoms with van der Waals surface area (Å²) in [5, 5.41) is 4.37. The molecule has 7 heteroatoms. The molecule has 0 saturated carbocycles. The van der Waals surface area contributed by atoms with Crippen molar-refractivity contribution in [2.75, 3.05) is 20.2 Å². The third-order valence-electron chi connectivity index (χ3n) is 7.82. The molecule has 6 nitrogen and oxygen atoms in total. The number of thiazole rings is 1. The Hall–Kier alpha value is -4.49. The number of amides is 1. The van der Waals surface area contributed by atoms with Crippen molar-refractivity contribution in [3.63, 3.8) is 0 Å². The van der Waals surface area contributed by atoms with Crippen LogP contribution >= 0.6 is 11.3 Å². The maximum absolute atomic E-state index is 14.4. The lowest BCUT2D eigenvalue weighted by molar-refractivity contribution is -0.127. The monoisotopic (exact) mass is 561 g/mol. The maximum atomic E-state index is 14.4. The lowest BCUT2D eigenvalue weighted by atomic mass is 9.94. The Kier molecular flexibility index (Phi) is 7.05. The van der Waals surface area contributed by atoms with Crippen molar-refractivity contribution in [1.29, 1.82) is 0 Å². The smallest absolute Gasteiger partial charge is 0.271 e. The number of aromatic nitrogens is 1. The van der Waals surface area contributed by atoms with Gasteiger partial charge < -0.3 is 9.64 Å². The van der Waals surface area contributed by atoms with E-state index in [9.17, 15) is 9.59 Å². The molecular weight excluding hydrogens is 530 g/mol. The minimum absolute atomic E-state index is 0.124. The molecule has 2 heterocycles. The van der Waals surface area contributed by atoms with Crippen LogP contribution in [-0.2, 0) is 4.79 Å². The molecule has 4 aromatic carbocycles. The third-order valence-corrected chi connectivity index (χ3v) is 8.81. The van der Waals surface area contributed by atoms with E-state index >= 15 is 0 Å². The fraction of sp³-hybridized carbons (Fsp3) is 0.206. The molecule has 0 spiro atoms.